The SMILES string of the molecule is CCOc1ccc(C2CCCN2C(=O)NCCC(=O)NC2CCCCC2)cc1. The van der Waals surface area contributed by atoms with Crippen LogP contribution in [0, 0.1) is 0 Å². The van der Waals surface area contributed by atoms with Gasteiger partial charge < -0.3 is 20.3 Å². The molecule has 6 nitrogen and oxygen atoms in total. The molecular weight excluding hydrogens is 354 g/mol. The first-order valence-electron chi connectivity index (χ1n) is 10.7. The van der Waals surface area contributed by atoms with Crippen LogP contribution in [0.2, 0.25) is 0 Å². The van der Waals surface area contributed by atoms with Crippen molar-refractivity contribution in [3.8, 4) is 5.75 Å². The monoisotopic (exact) mass is 387 g/mol. The molecule has 2 N–H and O–H groups in total. The van der Waals surface area contributed by atoms with Crippen LogP contribution in [-0.4, -0.2) is 42.6 Å². The molecule has 1 saturated heterocycles. The van der Waals surface area contributed by atoms with Crippen molar-refractivity contribution in [2.24, 2.45) is 0 Å². The van der Waals surface area contributed by atoms with Gasteiger partial charge in [0.1, 0.15) is 5.75 Å². The van der Waals surface area contributed by atoms with Crippen molar-refractivity contribution >= 4 is 11.9 Å². The van der Waals surface area contributed by atoms with Crippen LogP contribution < -0.4 is 15.4 Å². The number of nitrogens with zero attached hydrogens (tertiary/aromatic N) is 1. The first-order chi connectivity index (χ1) is 13.7. The second kappa shape index (κ2) is 10.3. The van der Waals surface area contributed by atoms with Gasteiger partial charge in [-0.15, -0.1) is 0 Å². The van der Waals surface area contributed by atoms with Crippen LogP contribution in [0.3, 0.4) is 0 Å². The predicted molar refractivity (Wildman–Crippen MR) is 109 cm³/mol. The Morgan fingerprint density at radius 1 is 1.07 bits per heavy atom. The number of carbonyl (C=O) groups excluding carboxylic acids is 2. The van der Waals surface area contributed by atoms with Gasteiger partial charge >= 0.3 is 6.03 Å². The van der Waals surface area contributed by atoms with Gasteiger partial charge in [0.05, 0.1) is 12.6 Å². The molecule has 3 amide bonds. The molecule has 0 spiro atoms. The van der Waals surface area contributed by atoms with Crippen LogP contribution in [0.15, 0.2) is 24.3 Å². The highest BCUT2D eigenvalue weighted by Crippen LogP contribution is 2.32. The maximum absolute atomic E-state index is 12.6. The number of benzene rings is 1. The third-order valence-corrected chi connectivity index (χ3v) is 5.69. The van der Waals surface area contributed by atoms with Crippen LogP contribution in [-0.2, 0) is 4.79 Å². The molecule has 28 heavy (non-hydrogen) atoms. The molecular formula is C22H33N3O3. The number of hydrogen-bond donors (Lipinski definition) is 2. The summed E-state index contributed by atoms with van der Waals surface area (Å²) in [4.78, 5) is 26.6. The molecule has 1 aliphatic carbocycles. The van der Waals surface area contributed by atoms with Crippen molar-refractivity contribution in [2.45, 2.75) is 70.4 Å². The molecule has 2 fully saturated rings. The zero-order chi connectivity index (χ0) is 19.8. The summed E-state index contributed by atoms with van der Waals surface area (Å²) < 4.78 is 5.50. The van der Waals surface area contributed by atoms with E-state index in [0.717, 1.165) is 43.5 Å². The number of hydrogen-bond acceptors (Lipinski definition) is 3. The van der Waals surface area contributed by atoms with Gasteiger partial charge in [0.25, 0.3) is 0 Å². The van der Waals surface area contributed by atoms with Gasteiger partial charge in [-0.25, -0.2) is 4.79 Å². The molecule has 1 saturated carbocycles. The summed E-state index contributed by atoms with van der Waals surface area (Å²) in [6, 6.07) is 8.33. The molecule has 3 rings (SSSR count). The summed E-state index contributed by atoms with van der Waals surface area (Å²) >= 11 is 0. The quantitative estimate of drug-likeness (QED) is 0.748. The van der Waals surface area contributed by atoms with E-state index in [1.165, 1.54) is 19.3 Å². The average molecular weight is 388 g/mol. The van der Waals surface area contributed by atoms with Crippen molar-refractivity contribution in [3.05, 3.63) is 29.8 Å². The first-order valence-corrected chi connectivity index (χ1v) is 10.7. The molecule has 1 aromatic carbocycles. The van der Waals surface area contributed by atoms with Crippen LogP contribution in [0.4, 0.5) is 4.79 Å². The van der Waals surface area contributed by atoms with Crippen molar-refractivity contribution in [3.63, 3.8) is 0 Å². The Balaban J connectivity index is 1.44. The summed E-state index contributed by atoms with van der Waals surface area (Å²) in [5.41, 5.74) is 1.13. The molecule has 0 radical (unpaired) electrons. The molecule has 1 aliphatic heterocycles. The Morgan fingerprint density at radius 3 is 2.54 bits per heavy atom. The minimum absolute atomic E-state index is 0.0386. The molecule has 2 aliphatic rings. The van der Waals surface area contributed by atoms with Crippen LogP contribution in [0.1, 0.15) is 69.9 Å². The van der Waals surface area contributed by atoms with Gasteiger partial charge in [0.15, 0.2) is 0 Å². The fraction of sp³-hybridized carbons (Fsp3) is 0.636. The number of amides is 3. The zero-order valence-corrected chi connectivity index (χ0v) is 16.9. The van der Waals surface area contributed by atoms with E-state index in [1.54, 1.807) is 0 Å². The van der Waals surface area contributed by atoms with E-state index in [1.807, 2.05) is 36.1 Å². The third-order valence-electron chi connectivity index (χ3n) is 5.69. The highest BCUT2D eigenvalue weighted by molar-refractivity contribution is 5.78. The van der Waals surface area contributed by atoms with E-state index in [2.05, 4.69) is 10.6 Å². The smallest absolute Gasteiger partial charge is 0.317 e. The second-order valence-corrected chi connectivity index (χ2v) is 7.74. The molecule has 1 heterocycles. The van der Waals surface area contributed by atoms with Gasteiger partial charge in [-0.2, -0.15) is 0 Å². The normalized spacial score (nSPS) is 20.0. The van der Waals surface area contributed by atoms with Gasteiger partial charge in [0.2, 0.25) is 5.91 Å². The van der Waals surface area contributed by atoms with Crippen molar-refractivity contribution in [1.82, 2.24) is 15.5 Å². The van der Waals surface area contributed by atoms with Crippen LogP contribution in [0.5, 0.6) is 5.75 Å². The van der Waals surface area contributed by atoms with Crippen molar-refractivity contribution in [2.75, 3.05) is 19.7 Å². The number of urea groups is 1. The predicted octanol–water partition coefficient (Wildman–Crippen LogP) is 3.77. The van der Waals surface area contributed by atoms with Crippen LogP contribution >= 0.6 is 0 Å². The molecule has 0 aromatic heterocycles. The number of nitrogens with one attached hydrogen (secondary N) is 2. The standard InChI is InChI=1S/C22H33N3O3/c1-2-28-19-12-10-17(11-13-19)20-9-6-16-25(20)22(27)23-15-14-21(26)24-18-7-4-3-5-8-18/h10-13,18,20H,2-9,14-16H2,1H3,(H,23,27)(H,24,26). The summed E-state index contributed by atoms with van der Waals surface area (Å²) in [6.45, 7) is 3.74. The molecule has 1 aromatic rings. The maximum Gasteiger partial charge on any atom is 0.317 e. The Bertz CT molecular complexity index is 641. The van der Waals surface area contributed by atoms with E-state index < -0.39 is 0 Å². The number of likely N-dealkylation sites (tertiary alicyclic amines) is 1. The summed E-state index contributed by atoms with van der Waals surface area (Å²) in [5.74, 6) is 0.890. The molecule has 154 valence electrons. The number of ether oxygens (including phenoxy) is 1. The van der Waals surface area contributed by atoms with E-state index in [4.69, 9.17) is 4.74 Å². The molecule has 6 heteroatoms. The zero-order valence-electron chi connectivity index (χ0n) is 16.9. The fourth-order valence-corrected chi connectivity index (χ4v) is 4.24. The maximum atomic E-state index is 12.6. The van der Waals surface area contributed by atoms with Gasteiger partial charge in [-0.05, 0) is 50.3 Å². The fourth-order valence-electron chi connectivity index (χ4n) is 4.24. The topological polar surface area (TPSA) is 70.7 Å². The summed E-state index contributed by atoms with van der Waals surface area (Å²) in [7, 11) is 0. The van der Waals surface area contributed by atoms with Gasteiger partial charge in [-0.3, -0.25) is 4.79 Å². The largest absolute Gasteiger partial charge is 0.494 e. The van der Waals surface area contributed by atoms with E-state index >= 15 is 0 Å². The second-order valence-electron chi connectivity index (χ2n) is 7.74. The Labute approximate surface area is 168 Å². The Kier molecular flexibility index (Phi) is 7.57. The molecule has 1 atom stereocenters. The highest BCUT2D eigenvalue weighted by atomic mass is 16.5. The van der Waals surface area contributed by atoms with Crippen molar-refractivity contribution < 1.29 is 14.3 Å². The Hall–Kier alpha value is -2.24. The van der Waals surface area contributed by atoms with Crippen molar-refractivity contribution in [1.29, 1.82) is 0 Å². The average Bonchev–Trinajstić information content (AvgIpc) is 3.19. The van der Waals surface area contributed by atoms with Gasteiger partial charge in [-0.1, -0.05) is 31.4 Å². The lowest BCUT2D eigenvalue weighted by atomic mass is 9.95. The number of carbonyl (C=O) groups is 2. The van der Waals surface area contributed by atoms with E-state index in [9.17, 15) is 9.59 Å². The lowest BCUT2D eigenvalue weighted by Crippen LogP contribution is -2.42. The van der Waals surface area contributed by atoms with E-state index in [-0.39, 0.29) is 18.0 Å². The molecule has 0 bridgehead atoms. The van der Waals surface area contributed by atoms with E-state index in [0.29, 0.717) is 25.6 Å². The lowest BCUT2D eigenvalue weighted by molar-refractivity contribution is -0.121. The first kappa shape index (κ1) is 20.5. The highest BCUT2D eigenvalue weighted by Gasteiger charge is 2.29. The van der Waals surface area contributed by atoms with Gasteiger partial charge in [0, 0.05) is 25.6 Å². The minimum Gasteiger partial charge on any atom is -0.494 e. The Morgan fingerprint density at radius 2 is 1.82 bits per heavy atom. The third kappa shape index (κ3) is 5.63. The molecule has 1 unspecified atom stereocenters. The lowest BCUT2D eigenvalue weighted by Gasteiger charge is -2.26. The summed E-state index contributed by atoms with van der Waals surface area (Å²) in [5, 5.41) is 6.02. The summed E-state index contributed by atoms with van der Waals surface area (Å²) in [6.07, 6.45) is 8.12. The van der Waals surface area contributed by atoms with Crippen LogP contribution in [0.25, 0.3) is 0 Å². The number of rotatable bonds is 7. The minimum atomic E-state index is -0.0816.